The topological polar surface area (TPSA) is 111 Å². The summed E-state index contributed by atoms with van der Waals surface area (Å²) in [5.41, 5.74) is 1.55. The summed E-state index contributed by atoms with van der Waals surface area (Å²) in [7, 11) is 3.22. The maximum absolute atomic E-state index is 11.0. The van der Waals surface area contributed by atoms with E-state index in [4.69, 9.17) is 18.9 Å². The van der Waals surface area contributed by atoms with E-state index in [-0.39, 0.29) is 19.4 Å². The predicted octanol–water partition coefficient (Wildman–Crippen LogP) is 3.17. The molecule has 0 bridgehead atoms. The largest absolute Gasteiger partial charge is 0.550 e. The Hall–Kier alpha value is -4.24. The first kappa shape index (κ1) is 29.7. The molecule has 3 aromatic carbocycles. The summed E-state index contributed by atoms with van der Waals surface area (Å²) in [5, 5.41) is 21.6. The second kappa shape index (κ2) is 14.4. The number of aliphatic carboxylic acids is 1. The van der Waals surface area contributed by atoms with Crippen LogP contribution in [0.15, 0.2) is 109 Å². The molecule has 1 aliphatic heterocycles. The number of carbonyl (C=O) groups is 1. The third kappa shape index (κ3) is 7.49. The number of benzene rings is 3. The number of H-pyrrole nitrogens is 1. The highest BCUT2D eigenvalue weighted by Gasteiger charge is 2.41. The molecule has 0 aliphatic carbocycles. The van der Waals surface area contributed by atoms with Gasteiger partial charge < -0.3 is 34.0 Å². The highest BCUT2D eigenvalue weighted by molar-refractivity contribution is 5.64. The molecule has 1 aliphatic rings. The number of nitrogens with one attached hydrogen (secondary N) is 1. The number of carboxylic acids is 1. The zero-order valence-corrected chi connectivity index (χ0v) is 23.1. The van der Waals surface area contributed by atoms with Gasteiger partial charge in [-0.3, -0.25) is 0 Å². The third-order valence-corrected chi connectivity index (χ3v) is 6.94. The number of pyridine rings is 1. The fourth-order valence-electron chi connectivity index (χ4n) is 4.91. The third-order valence-electron chi connectivity index (χ3n) is 6.94. The van der Waals surface area contributed by atoms with E-state index in [9.17, 15) is 15.0 Å². The van der Waals surface area contributed by atoms with Crippen LogP contribution in [0.1, 0.15) is 29.5 Å². The predicted molar refractivity (Wildman–Crippen MR) is 150 cm³/mol. The Labute approximate surface area is 240 Å². The molecule has 0 saturated carbocycles. The van der Waals surface area contributed by atoms with E-state index in [0.717, 1.165) is 16.7 Å². The number of hydrogen-bond acceptors (Lipinski definition) is 7. The van der Waals surface area contributed by atoms with Gasteiger partial charge in [-0.25, -0.2) is 4.98 Å². The lowest BCUT2D eigenvalue weighted by Crippen LogP contribution is -2.38. The summed E-state index contributed by atoms with van der Waals surface area (Å²) < 4.78 is 23.3. The van der Waals surface area contributed by atoms with Gasteiger partial charge in [0.1, 0.15) is 23.2 Å². The van der Waals surface area contributed by atoms with Gasteiger partial charge in [0.05, 0.1) is 33.0 Å². The van der Waals surface area contributed by atoms with Crippen LogP contribution in [0.2, 0.25) is 0 Å². The summed E-state index contributed by atoms with van der Waals surface area (Å²) in [5.74, 6) is 0.217. The van der Waals surface area contributed by atoms with Crippen LogP contribution in [-0.4, -0.2) is 50.2 Å². The molecule has 4 aromatic rings. The Kier molecular flexibility index (Phi) is 10.5. The number of aliphatic hydroxyl groups excluding tert-OH is 1. The second-order valence-corrected chi connectivity index (χ2v) is 9.57. The van der Waals surface area contributed by atoms with Gasteiger partial charge in [-0.1, -0.05) is 60.7 Å². The number of rotatable bonds is 10. The van der Waals surface area contributed by atoms with Crippen molar-refractivity contribution in [3.8, 4) is 11.5 Å². The van der Waals surface area contributed by atoms with Crippen molar-refractivity contribution in [1.29, 1.82) is 0 Å². The molecule has 214 valence electrons. The smallest absolute Gasteiger partial charge is 0.166 e. The Morgan fingerprint density at radius 1 is 0.854 bits per heavy atom. The van der Waals surface area contributed by atoms with Crippen molar-refractivity contribution in [2.45, 2.75) is 36.8 Å². The van der Waals surface area contributed by atoms with Crippen molar-refractivity contribution in [3.63, 3.8) is 0 Å². The van der Waals surface area contributed by atoms with E-state index in [2.05, 4.69) is 4.98 Å². The van der Waals surface area contributed by atoms with Gasteiger partial charge in [0.15, 0.2) is 12.4 Å². The SMILES string of the molecule is COc1ccc(C(OC[C@H]2O[C@H](CC(=O)[O-])C[C@@H]2O)(c2ccccc2)c2ccc(OC)cc2)cc1.c1cc[nH+]cc1. The average Bonchev–Trinajstić information content (AvgIpc) is 3.37. The number of aliphatic hydroxyl groups is 1. The van der Waals surface area contributed by atoms with E-state index in [1.165, 1.54) is 0 Å². The molecule has 0 unspecified atom stereocenters. The molecule has 0 radical (unpaired) electrons. The quantitative estimate of drug-likeness (QED) is 0.298. The van der Waals surface area contributed by atoms with E-state index in [0.29, 0.717) is 11.5 Å². The molecular formula is C33H35NO7. The lowest BCUT2D eigenvalue weighted by molar-refractivity contribution is -0.378. The number of aromatic amines is 1. The van der Waals surface area contributed by atoms with E-state index in [1.807, 2.05) is 109 Å². The van der Waals surface area contributed by atoms with Crippen LogP contribution in [0.5, 0.6) is 11.5 Å². The van der Waals surface area contributed by atoms with Crippen LogP contribution >= 0.6 is 0 Å². The fraction of sp³-hybridized carbons (Fsp3) is 0.273. The minimum atomic E-state index is -1.21. The number of carbonyl (C=O) groups excluding carboxylic acids is 1. The van der Waals surface area contributed by atoms with Gasteiger partial charge >= 0.3 is 0 Å². The summed E-state index contributed by atoms with van der Waals surface area (Å²) in [4.78, 5) is 13.9. The first-order chi connectivity index (χ1) is 20.0. The Balaban J connectivity index is 0.000000572. The van der Waals surface area contributed by atoms with Gasteiger partial charge in [-0.05, 0) is 41.0 Å². The highest BCUT2D eigenvalue weighted by atomic mass is 16.6. The Morgan fingerprint density at radius 3 is 1.80 bits per heavy atom. The number of methoxy groups -OCH3 is 2. The maximum Gasteiger partial charge on any atom is 0.166 e. The first-order valence-electron chi connectivity index (χ1n) is 13.4. The van der Waals surface area contributed by atoms with Crippen LogP contribution in [0, 0.1) is 0 Å². The standard InChI is InChI=1S/C28H30O7.C5H5N/c1-32-22-12-8-20(9-13-22)28(19-6-4-3-5-7-19,21-10-14-23(33-2)15-11-21)34-18-26-25(29)16-24(35-26)17-27(30)31;1-2-4-6-5-3-1/h3-15,24-26,29H,16-18H2,1-2H3,(H,30,31);1-5H/t24-,25-,26+;/m0./s1. The van der Waals surface area contributed by atoms with Crippen LogP contribution in [0.25, 0.3) is 0 Å². The van der Waals surface area contributed by atoms with Crippen LogP contribution in [-0.2, 0) is 19.9 Å². The summed E-state index contributed by atoms with van der Waals surface area (Å²) in [6, 6.07) is 30.9. The van der Waals surface area contributed by atoms with Gasteiger partial charge in [-0.2, -0.15) is 0 Å². The van der Waals surface area contributed by atoms with Gasteiger partial charge in [0, 0.05) is 30.9 Å². The number of carboxylic acid groups (broad SMARTS) is 1. The first-order valence-corrected chi connectivity index (χ1v) is 13.4. The minimum absolute atomic E-state index is 0.0394. The lowest BCUT2D eigenvalue weighted by atomic mass is 9.80. The number of hydrogen-bond donors (Lipinski definition) is 1. The zero-order chi connectivity index (χ0) is 29.1. The molecule has 8 heteroatoms. The summed E-state index contributed by atoms with van der Waals surface area (Å²) in [6.07, 6.45) is 1.55. The molecule has 2 N–H and O–H groups in total. The number of ether oxygens (including phenoxy) is 4. The maximum atomic E-state index is 11.0. The molecular weight excluding hydrogens is 522 g/mol. The minimum Gasteiger partial charge on any atom is -0.550 e. The monoisotopic (exact) mass is 557 g/mol. The second-order valence-electron chi connectivity index (χ2n) is 9.57. The van der Waals surface area contributed by atoms with Crippen molar-refractivity contribution < 1.29 is 38.9 Å². The Morgan fingerprint density at radius 2 is 1.37 bits per heavy atom. The highest BCUT2D eigenvalue weighted by Crippen LogP contribution is 2.42. The van der Waals surface area contributed by atoms with Crippen molar-refractivity contribution in [3.05, 3.63) is 126 Å². The van der Waals surface area contributed by atoms with Crippen molar-refractivity contribution >= 4 is 5.97 Å². The van der Waals surface area contributed by atoms with E-state index < -0.39 is 29.9 Å². The van der Waals surface area contributed by atoms with Gasteiger partial charge in [0.25, 0.3) is 0 Å². The molecule has 1 saturated heterocycles. The molecule has 0 spiro atoms. The molecule has 8 nitrogen and oxygen atoms in total. The Bertz CT molecular complexity index is 1260. The summed E-state index contributed by atoms with van der Waals surface area (Å²) >= 11 is 0. The molecule has 1 fully saturated rings. The van der Waals surface area contributed by atoms with Crippen LogP contribution < -0.4 is 19.6 Å². The zero-order valence-electron chi connectivity index (χ0n) is 23.1. The van der Waals surface area contributed by atoms with Crippen molar-refractivity contribution in [2.24, 2.45) is 0 Å². The van der Waals surface area contributed by atoms with Gasteiger partial charge in [-0.15, -0.1) is 0 Å². The van der Waals surface area contributed by atoms with Crippen LogP contribution in [0.4, 0.5) is 0 Å². The normalized spacial score (nSPS) is 18.2. The van der Waals surface area contributed by atoms with E-state index in [1.54, 1.807) is 14.2 Å². The molecule has 0 amide bonds. The van der Waals surface area contributed by atoms with Crippen molar-refractivity contribution in [2.75, 3.05) is 20.8 Å². The molecule has 3 atom stereocenters. The fourth-order valence-corrected chi connectivity index (χ4v) is 4.91. The average molecular weight is 558 g/mol. The lowest BCUT2D eigenvalue weighted by Gasteiger charge is -2.37. The molecule has 41 heavy (non-hydrogen) atoms. The van der Waals surface area contributed by atoms with Crippen LogP contribution in [0.3, 0.4) is 0 Å². The van der Waals surface area contributed by atoms with Gasteiger partial charge in [0.2, 0.25) is 0 Å². The molecule has 5 rings (SSSR count). The molecule has 2 heterocycles. The number of aromatic nitrogens is 1. The van der Waals surface area contributed by atoms with E-state index >= 15 is 0 Å². The van der Waals surface area contributed by atoms with Crippen molar-refractivity contribution in [1.82, 2.24) is 0 Å². The molecule has 1 aromatic heterocycles. The summed E-state index contributed by atoms with van der Waals surface area (Å²) in [6.45, 7) is 0.0394.